The van der Waals surface area contributed by atoms with Gasteiger partial charge in [0, 0.05) is 17.7 Å². The van der Waals surface area contributed by atoms with Crippen LogP contribution in [0, 0.1) is 6.92 Å². The fourth-order valence-corrected chi connectivity index (χ4v) is 1.91. The van der Waals surface area contributed by atoms with Crippen molar-refractivity contribution in [3.63, 3.8) is 0 Å². The van der Waals surface area contributed by atoms with Gasteiger partial charge in [-0.15, -0.1) is 0 Å². The van der Waals surface area contributed by atoms with Crippen molar-refractivity contribution >= 4 is 17.6 Å². The Morgan fingerprint density at radius 1 is 1.00 bits per heavy atom. The predicted octanol–water partition coefficient (Wildman–Crippen LogP) is 3.26. The van der Waals surface area contributed by atoms with Crippen molar-refractivity contribution in [2.24, 2.45) is 0 Å². The second-order valence-corrected chi connectivity index (χ2v) is 4.91. The molecule has 0 aliphatic carbocycles. The molecule has 0 aromatic heterocycles. The van der Waals surface area contributed by atoms with E-state index in [4.69, 9.17) is 5.11 Å². The molecule has 0 heterocycles. The van der Waals surface area contributed by atoms with Gasteiger partial charge in [0.2, 0.25) is 0 Å². The first-order valence-corrected chi connectivity index (χ1v) is 6.73. The Labute approximate surface area is 123 Å². The molecular formula is C17H17NO3. The molecule has 0 atom stereocenters. The van der Waals surface area contributed by atoms with Gasteiger partial charge in [-0.3, -0.25) is 9.59 Å². The van der Waals surface area contributed by atoms with E-state index in [1.54, 1.807) is 24.3 Å². The first-order chi connectivity index (χ1) is 10.0. The molecule has 1 amide bonds. The monoisotopic (exact) mass is 283 g/mol. The van der Waals surface area contributed by atoms with E-state index in [9.17, 15) is 9.59 Å². The van der Waals surface area contributed by atoms with Crippen molar-refractivity contribution in [2.45, 2.75) is 19.8 Å². The number of aryl methyl sites for hydroxylation is 2. The Morgan fingerprint density at radius 2 is 1.62 bits per heavy atom. The summed E-state index contributed by atoms with van der Waals surface area (Å²) in [6, 6.07) is 14.6. The van der Waals surface area contributed by atoms with Gasteiger partial charge in [0.25, 0.3) is 5.91 Å². The molecule has 2 aromatic carbocycles. The Morgan fingerprint density at radius 3 is 2.19 bits per heavy atom. The number of hydrogen-bond donors (Lipinski definition) is 2. The van der Waals surface area contributed by atoms with Crippen LogP contribution in [-0.2, 0) is 11.2 Å². The fraction of sp³-hybridized carbons (Fsp3) is 0.176. The first-order valence-electron chi connectivity index (χ1n) is 6.73. The van der Waals surface area contributed by atoms with E-state index in [0.29, 0.717) is 17.7 Å². The van der Waals surface area contributed by atoms with Gasteiger partial charge in [0.05, 0.1) is 0 Å². The summed E-state index contributed by atoms with van der Waals surface area (Å²) in [7, 11) is 0. The molecule has 0 saturated heterocycles. The molecule has 2 aromatic rings. The molecule has 4 nitrogen and oxygen atoms in total. The van der Waals surface area contributed by atoms with Crippen LogP contribution in [0.4, 0.5) is 5.69 Å². The number of aliphatic carboxylic acids is 1. The smallest absolute Gasteiger partial charge is 0.303 e. The maximum Gasteiger partial charge on any atom is 0.303 e. The Balaban J connectivity index is 1.98. The minimum absolute atomic E-state index is 0.106. The van der Waals surface area contributed by atoms with Gasteiger partial charge in [0.15, 0.2) is 0 Å². The SMILES string of the molecule is Cc1ccc(C(=O)Nc2ccc(CCC(=O)O)cc2)cc1. The summed E-state index contributed by atoms with van der Waals surface area (Å²) >= 11 is 0. The summed E-state index contributed by atoms with van der Waals surface area (Å²) in [5.74, 6) is -0.972. The van der Waals surface area contributed by atoms with Crippen LogP contribution in [0.25, 0.3) is 0 Å². The van der Waals surface area contributed by atoms with E-state index >= 15 is 0 Å². The number of rotatable bonds is 5. The number of carbonyl (C=O) groups excluding carboxylic acids is 1. The minimum atomic E-state index is -0.813. The Kier molecular flexibility index (Phi) is 4.72. The zero-order chi connectivity index (χ0) is 15.2. The molecule has 0 aliphatic rings. The van der Waals surface area contributed by atoms with Crippen molar-refractivity contribution in [3.05, 3.63) is 65.2 Å². The predicted molar refractivity (Wildman–Crippen MR) is 81.5 cm³/mol. The third-order valence-corrected chi connectivity index (χ3v) is 3.15. The van der Waals surface area contributed by atoms with Gasteiger partial charge in [-0.1, -0.05) is 29.8 Å². The van der Waals surface area contributed by atoms with Crippen LogP contribution in [0.5, 0.6) is 0 Å². The third kappa shape index (κ3) is 4.45. The topological polar surface area (TPSA) is 66.4 Å². The largest absolute Gasteiger partial charge is 0.481 e. The normalized spacial score (nSPS) is 10.1. The molecule has 0 aliphatic heterocycles. The molecule has 0 bridgehead atoms. The highest BCUT2D eigenvalue weighted by molar-refractivity contribution is 6.04. The van der Waals surface area contributed by atoms with Crippen LogP contribution in [0.2, 0.25) is 0 Å². The zero-order valence-electron chi connectivity index (χ0n) is 11.8. The van der Waals surface area contributed by atoms with Gasteiger partial charge in [-0.2, -0.15) is 0 Å². The van der Waals surface area contributed by atoms with Crippen molar-refractivity contribution in [1.29, 1.82) is 0 Å². The summed E-state index contributed by atoms with van der Waals surface area (Å²) in [6.07, 6.45) is 0.594. The van der Waals surface area contributed by atoms with E-state index in [2.05, 4.69) is 5.32 Å². The van der Waals surface area contributed by atoms with Gasteiger partial charge < -0.3 is 10.4 Å². The van der Waals surface area contributed by atoms with Gasteiger partial charge >= 0.3 is 5.97 Å². The van der Waals surface area contributed by atoms with Crippen molar-refractivity contribution in [2.75, 3.05) is 5.32 Å². The van der Waals surface area contributed by atoms with Crippen LogP contribution in [0.3, 0.4) is 0 Å². The Bertz CT molecular complexity index is 630. The molecule has 2 rings (SSSR count). The summed E-state index contributed by atoms with van der Waals surface area (Å²) in [6.45, 7) is 1.97. The van der Waals surface area contributed by atoms with Crippen molar-refractivity contribution < 1.29 is 14.7 Å². The second kappa shape index (κ2) is 6.70. The third-order valence-electron chi connectivity index (χ3n) is 3.15. The number of carbonyl (C=O) groups is 2. The van der Waals surface area contributed by atoms with Crippen LogP contribution < -0.4 is 5.32 Å². The molecule has 0 spiro atoms. The number of nitrogens with one attached hydrogen (secondary N) is 1. The molecule has 0 radical (unpaired) electrons. The standard InChI is InChI=1S/C17H17NO3/c1-12-2-7-14(8-3-12)17(21)18-15-9-4-13(5-10-15)6-11-16(19)20/h2-5,7-10H,6,11H2,1H3,(H,18,21)(H,19,20). The summed E-state index contributed by atoms with van der Waals surface area (Å²) in [5, 5.41) is 11.5. The van der Waals surface area contributed by atoms with Crippen LogP contribution >= 0.6 is 0 Å². The van der Waals surface area contributed by atoms with E-state index in [1.807, 2.05) is 31.2 Å². The highest BCUT2D eigenvalue weighted by Gasteiger charge is 2.06. The first kappa shape index (κ1) is 14.8. The van der Waals surface area contributed by atoms with Gasteiger partial charge in [0.1, 0.15) is 0 Å². The molecule has 4 heteroatoms. The van der Waals surface area contributed by atoms with Crippen molar-refractivity contribution in [3.8, 4) is 0 Å². The highest BCUT2D eigenvalue weighted by Crippen LogP contribution is 2.13. The average Bonchev–Trinajstić information content (AvgIpc) is 2.47. The van der Waals surface area contributed by atoms with E-state index in [-0.39, 0.29) is 12.3 Å². The van der Waals surface area contributed by atoms with Crippen molar-refractivity contribution in [1.82, 2.24) is 0 Å². The summed E-state index contributed by atoms with van der Waals surface area (Å²) < 4.78 is 0. The Hall–Kier alpha value is -2.62. The number of amides is 1. The number of carboxylic acids is 1. The summed E-state index contributed by atoms with van der Waals surface area (Å²) in [5.41, 5.74) is 3.34. The van der Waals surface area contributed by atoms with Crippen LogP contribution in [0.1, 0.15) is 27.9 Å². The lowest BCUT2D eigenvalue weighted by Gasteiger charge is -2.06. The molecule has 0 fully saturated rings. The lowest BCUT2D eigenvalue weighted by Crippen LogP contribution is -2.11. The van der Waals surface area contributed by atoms with E-state index in [0.717, 1.165) is 11.1 Å². The molecule has 108 valence electrons. The number of carboxylic acid groups (broad SMARTS) is 1. The molecule has 0 unspecified atom stereocenters. The maximum absolute atomic E-state index is 12.0. The minimum Gasteiger partial charge on any atom is -0.481 e. The molecule has 2 N–H and O–H groups in total. The van der Waals surface area contributed by atoms with Gasteiger partial charge in [-0.05, 0) is 43.2 Å². The highest BCUT2D eigenvalue weighted by atomic mass is 16.4. The lowest BCUT2D eigenvalue weighted by molar-refractivity contribution is -0.136. The quantitative estimate of drug-likeness (QED) is 0.885. The second-order valence-electron chi connectivity index (χ2n) is 4.91. The number of benzene rings is 2. The summed E-state index contributed by atoms with van der Waals surface area (Å²) in [4.78, 5) is 22.5. The fourth-order valence-electron chi connectivity index (χ4n) is 1.91. The lowest BCUT2D eigenvalue weighted by atomic mass is 10.1. The zero-order valence-corrected chi connectivity index (χ0v) is 11.8. The van der Waals surface area contributed by atoms with Crippen LogP contribution in [0.15, 0.2) is 48.5 Å². The van der Waals surface area contributed by atoms with E-state index in [1.165, 1.54) is 0 Å². The average molecular weight is 283 g/mol. The van der Waals surface area contributed by atoms with E-state index < -0.39 is 5.97 Å². The van der Waals surface area contributed by atoms with Gasteiger partial charge in [-0.25, -0.2) is 0 Å². The number of anilines is 1. The van der Waals surface area contributed by atoms with Crippen LogP contribution in [-0.4, -0.2) is 17.0 Å². The maximum atomic E-state index is 12.0. The molecule has 21 heavy (non-hydrogen) atoms. The number of hydrogen-bond acceptors (Lipinski definition) is 2. The molecular weight excluding hydrogens is 266 g/mol. The molecule has 0 saturated carbocycles.